The Bertz CT molecular complexity index is 350. The maximum Gasteiger partial charge on any atom is 0.216 e. The van der Waals surface area contributed by atoms with Crippen molar-refractivity contribution in [3.8, 4) is 0 Å². The van der Waals surface area contributed by atoms with E-state index in [-0.39, 0.29) is 24.3 Å². The van der Waals surface area contributed by atoms with E-state index in [0.29, 0.717) is 25.6 Å². The van der Waals surface area contributed by atoms with Gasteiger partial charge in [-0.2, -0.15) is 0 Å². The lowest BCUT2D eigenvalue weighted by Crippen LogP contribution is -2.43. The molecule has 2 fully saturated rings. The van der Waals surface area contributed by atoms with E-state index in [1.807, 2.05) is 7.05 Å². The van der Waals surface area contributed by atoms with Crippen molar-refractivity contribution in [3.05, 3.63) is 0 Å². The average Bonchev–Trinajstić information content (AvgIpc) is 2.82. The van der Waals surface area contributed by atoms with Gasteiger partial charge in [0.2, 0.25) is 10.0 Å². The molecule has 0 aliphatic carbocycles. The number of halogens is 1. The lowest BCUT2D eigenvalue weighted by Gasteiger charge is -2.31. The fraction of sp³-hybridized carbons (Fsp3) is 1.00. The van der Waals surface area contributed by atoms with Crippen LogP contribution in [0.3, 0.4) is 0 Å². The van der Waals surface area contributed by atoms with E-state index in [4.69, 9.17) is 4.74 Å². The molecule has 19 heavy (non-hydrogen) atoms. The molecule has 0 amide bonds. The monoisotopic (exact) mass is 312 g/mol. The maximum absolute atomic E-state index is 12.2. The van der Waals surface area contributed by atoms with Crippen molar-refractivity contribution >= 4 is 22.4 Å². The van der Waals surface area contributed by atoms with Gasteiger partial charge in [0.25, 0.3) is 0 Å². The number of piperidine rings is 1. The fourth-order valence-electron chi connectivity index (χ4n) is 2.80. The highest BCUT2D eigenvalue weighted by Crippen LogP contribution is 2.21. The summed E-state index contributed by atoms with van der Waals surface area (Å²) >= 11 is 0. The minimum atomic E-state index is -3.12. The Balaban J connectivity index is 0.00000180. The first kappa shape index (κ1) is 17.2. The minimum Gasteiger partial charge on any atom is -0.377 e. The zero-order valence-electron chi connectivity index (χ0n) is 11.5. The number of rotatable bonds is 5. The van der Waals surface area contributed by atoms with E-state index < -0.39 is 10.0 Å². The van der Waals surface area contributed by atoms with Crippen LogP contribution >= 0.6 is 12.4 Å². The van der Waals surface area contributed by atoms with Crippen molar-refractivity contribution in [3.63, 3.8) is 0 Å². The van der Waals surface area contributed by atoms with E-state index in [1.54, 1.807) is 4.31 Å². The molecule has 0 spiro atoms. The number of hydrogen-bond acceptors (Lipinski definition) is 4. The summed E-state index contributed by atoms with van der Waals surface area (Å²) in [6.45, 7) is 3.03. The molecule has 5 nitrogen and oxygen atoms in total. The number of nitrogens with one attached hydrogen (secondary N) is 1. The normalized spacial score (nSPS) is 26.3. The Hall–Kier alpha value is 0.120. The lowest BCUT2D eigenvalue weighted by atomic mass is 9.98. The quantitative estimate of drug-likeness (QED) is 0.817. The first-order chi connectivity index (χ1) is 8.62. The molecule has 0 aromatic carbocycles. The first-order valence-electron chi connectivity index (χ1n) is 6.86. The molecule has 114 valence electrons. The summed E-state index contributed by atoms with van der Waals surface area (Å²) in [6, 6.07) is 0. The summed E-state index contributed by atoms with van der Waals surface area (Å²) in [4.78, 5) is 0. The predicted octanol–water partition coefficient (Wildman–Crippen LogP) is 0.848. The Morgan fingerprint density at radius 1 is 1.26 bits per heavy atom. The van der Waals surface area contributed by atoms with Crippen molar-refractivity contribution in [1.29, 1.82) is 0 Å². The van der Waals surface area contributed by atoms with Crippen molar-refractivity contribution < 1.29 is 13.2 Å². The van der Waals surface area contributed by atoms with Crippen LogP contribution in [-0.2, 0) is 14.8 Å². The van der Waals surface area contributed by atoms with Gasteiger partial charge in [0, 0.05) is 19.7 Å². The summed E-state index contributed by atoms with van der Waals surface area (Å²) in [6.07, 6.45) is 3.72. The molecule has 2 rings (SSSR count). The highest BCUT2D eigenvalue weighted by atomic mass is 35.5. The lowest BCUT2D eigenvalue weighted by molar-refractivity contribution is 0.126. The zero-order chi connectivity index (χ0) is 13.0. The molecule has 2 aliphatic rings. The summed E-state index contributed by atoms with van der Waals surface area (Å²) in [5, 5.41) is 3.16. The Morgan fingerprint density at radius 3 is 2.47 bits per heavy atom. The average molecular weight is 313 g/mol. The van der Waals surface area contributed by atoms with Crippen LogP contribution in [0.1, 0.15) is 25.7 Å². The van der Waals surface area contributed by atoms with Crippen LogP contribution in [0.15, 0.2) is 0 Å². The van der Waals surface area contributed by atoms with Gasteiger partial charge in [0.1, 0.15) is 0 Å². The van der Waals surface area contributed by atoms with Crippen LogP contribution in [0.5, 0.6) is 0 Å². The molecular formula is C12H25ClN2O3S. The van der Waals surface area contributed by atoms with Gasteiger partial charge in [-0.25, -0.2) is 12.7 Å². The zero-order valence-corrected chi connectivity index (χ0v) is 13.1. The van der Waals surface area contributed by atoms with E-state index in [0.717, 1.165) is 32.2 Å². The third kappa shape index (κ3) is 4.86. The summed E-state index contributed by atoms with van der Waals surface area (Å²) in [7, 11) is -1.17. The Morgan fingerprint density at radius 2 is 1.95 bits per heavy atom. The number of sulfonamides is 1. The van der Waals surface area contributed by atoms with Gasteiger partial charge in [-0.15, -0.1) is 12.4 Å². The Kier molecular flexibility index (Phi) is 7.04. The van der Waals surface area contributed by atoms with E-state index in [2.05, 4.69) is 5.32 Å². The summed E-state index contributed by atoms with van der Waals surface area (Å²) < 4.78 is 31.5. The molecule has 0 aromatic heterocycles. The van der Waals surface area contributed by atoms with Crippen LogP contribution in [-0.4, -0.2) is 57.9 Å². The highest BCUT2D eigenvalue weighted by molar-refractivity contribution is 7.89. The number of ether oxygens (including phenoxy) is 1. The molecule has 0 radical (unpaired) electrons. The number of nitrogens with zero attached hydrogens (tertiary/aromatic N) is 1. The molecular weight excluding hydrogens is 288 g/mol. The topological polar surface area (TPSA) is 58.6 Å². The molecule has 2 heterocycles. The van der Waals surface area contributed by atoms with Crippen LogP contribution in [0, 0.1) is 5.92 Å². The maximum atomic E-state index is 12.2. The second-order valence-corrected chi connectivity index (χ2v) is 7.33. The molecule has 7 heteroatoms. The molecule has 1 N–H and O–H groups in total. The third-order valence-electron chi connectivity index (χ3n) is 3.88. The van der Waals surface area contributed by atoms with Gasteiger partial charge < -0.3 is 10.1 Å². The molecule has 2 saturated heterocycles. The van der Waals surface area contributed by atoms with Gasteiger partial charge in [0.15, 0.2) is 0 Å². The molecule has 0 aromatic rings. The molecule has 1 unspecified atom stereocenters. The van der Waals surface area contributed by atoms with Crippen LogP contribution in [0.2, 0.25) is 0 Å². The largest absolute Gasteiger partial charge is 0.377 e. The molecule has 0 bridgehead atoms. The van der Waals surface area contributed by atoms with Crippen LogP contribution < -0.4 is 5.32 Å². The van der Waals surface area contributed by atoms with Crippen molar-refractivity contribution in [1.82, 2.24) is 9.62 Å². The second kappa shape index (κ2) is 7.78. The Labute approximate surface area is 122 Å². The minimum absolute atomic E-state index is 0. The van der Waals surface area contributed by atoms with Crippen molar-refractivity contribution in [2.24, 2.45) is 5.92 Å². The van der Waals surface area contributed by atoms with Gasteiger partial charge >= 0.3 is 0 Å². The van der Waals surface area contributed by atoms with Gasteiger partial charge in [-0.3, -0.25) is 0 Å². The van der Waals surface area contributed by atoms with Crippen LogP contribution in [0.25, 0.3) is 0 Å². The van der Waals surface area contributed by atoms with E-state index >= 15 is 0 Å². The fourth-order valence-corrected chi connectivity index (χ4v) is 4.51. The molecule has 1 atom stereocenters. The van der Waals surface area contributed by atoms with Crippen molar-refractivity contribution in [2.45, 2.75) is 31.8 Å². The summed E-state index contributed by atoms with van der Waals surface area (Å²) in [5.41, 5.74) is 0. The smallest absolute Gasteiger partial charge is 0.216 e. The van der Waals surface area contributed by atoms with E-state index in [9.17, 15) is 8.42 Å². The van der Waals surface area contributed by atoms with Gasteiger partial charge in [-0.05, 0) is 45.2 Å². The predicted molar refractivity (Wildman–Crippen MR) is 78.2 cm³/mol. The number of hydrogen-bond donors (Lipinski definition) is 1. The third-order valence-corrected chi connectivity index (χ3v) is 5.83. The molecule has 0 saturated carbocycles. The van der Waals surface area contributed by atoms with Gasteiger partial charge in [0.05, 0.1) is 11.9 Å². The SMILES string of the molecule is CNCC1CCN(S(=O)(=O)CC2CCCO2)CC1.Cl. The van der Waals surface area contributed by atoms with E-state index in [1.165, 1.54) is 0 Å². The highest BCUT2D eigenvalue weighted by Gasteiger charge is 2.31. The molecule has 2 aliphatic heterocycles. The van der Waals surface area contributed by atoms with Gasteiger partial charge in [-0.1, -0.05) is 0 Å². The van der Waals surface area contributed by atoms with Crippen molar-refractivity contribution in [2.75, 3.05) is 39.0 Å². The first-order valence-corrected chi connectivity index (χ1v) is 8.47. The second-order valence-electron chi connectivity index (χ2n) is 5.31. The van der Waals surface area contributed by atoms with Crippen LogP contribution in [0.4, 0.5) is 0 Å². The summed E-state index contributed by atoms with van der Waals surface area (Å²) in [5.74, 6) is 0.785. The standard InChI is InChI=1S/C12H24N2O3S.ClH/c1-13-9-11-4-6-14(7-5-11)18(15,16)10-12-3-2-8-17-12;/h11-13H,2-10H2,1H3;1H.